The lowest BCUT2D eigenvalue weighted by Crippen LogP contribution is -2.22. The van der Waals surface area contributed by atoms with Gasteiger partial charge in [0.05, 0.1) is 6.54 Å². The Labute approximate surface area is 141 Å². The van der Waals surface area contributed by atoms with Crippen molar-refractivity contribution in [3.8, 4) is 5.75 Å². The van der Waals surface area contributed by atoms with Crippen LogP contribution >= 0.6 is 0 Å². The molecule has 0 heterocycles. The van der Waals surface area contributed by atoms with Crippen LogP contribution in [0.15, 0.2) is 48.5 Å². The molecule has 0 aliphatic rings. The van der Waals surface area contributed by atoms with Crippen LogP contribution in [0.4, 0.5) is 24.5 Å². The van der Waals surface area contributed by atoms with E-state index in [4.69, 9.17) is 0 Å². The number of Topliss-reactive ketones (excluding diaryl/α,β-unsaturated/α-hetero) is 1. The number of ketones is 1. The Kier molecular flexibility index (Phi) is 5.63. The lowest BCUT2D eigenvalue weighted by molar-refractivity contribution is -0.274. The molecule has 0 radical (unpaired) electrons. The number of amides is 1. The van der Waals surface area contributed by atoms with Crippen LogP contribution in [0.2, 0.25) is 0 Å². The molecule has 2 N–H and O–H groups in total. The van der Waals surface area contributed by atoms with Crippen LogP contribution in [-0.2, 0) is 4.79 Å². The minimum absolute atomic E-state index is 0.106. The number of benzene rings is 2. The molecule has 0 aromatic heterocycles. The highest BCUT2D eigenvalue weighted by Gasteiger charge is 2.30. The van der Waals surface area contributed by atoms with E-state index in [0.717, 1.165) is 12.1 Å². The summed E-state index contributed by atoms with van der Waals surface area (Å²) < 4.78 is 40.0. The third kappa shape index (κ3) is 5.83. The molecular weight excluding hydrogens is 337 g/mol. The van der Waals surface area contributed by atoms with Crippen LogP contribution in [-0.4, -0.2) is 24.6 Å². The van der Waals surface area contributed by atoms with Crippen molar-refractivity contribution in [3.63, 3.8) is 0 Å². The second-order valence-electron chi connectivity index (χ2n) is 5.08. The monoisotopic (exact) mass is 352 g/mol. The third-order valence-electron chi connectivity index (χ3n) is 3.12. The van der Waals surface area contributed by atoms with Gasteiger partial charge in [-0.1, -0.05) is 12.1 Å². The first-order valence-electron chi connectivity index (χ1n) is 7.24. The van der Waals surface area contributed by atoms with Gasteiger partial charge < -0.3 is 15.4 Å². The predicted molar refractivity (Wildman–Crippen MR) is 86.7 cm³/mol. The van der Waals surface area contributed by atoms with Gasteiger partial charge in [0.15, 0.2) is 5.78 Å². The average molecular weight is 352 g/mol. The van der Waals surface area contributed by atoms with Gasteiger partial charge in [0.2, 0.25) is 5.91 Å². The molecule has 8 heteroatoms. The molecule has 0 saturated carbocycles. The molecule has 2 aromatic rings. The molecule has 2 aromatic carbocycles. The van der Waals surface area contributed by atoms with E-state index in [-0.39, 0.29) is 18.1 Å². The first-order valence-corrected chi connectivity index (χ1v) is 7.24. The van der Waals surface area contributed by atoms with Gasteiger partial charge in [-0.2, -0.15) is 0 Å². The molecule has 0 bridgehead atoms. The lowest BCUT2D eigenvalue weighted by Gasteiger charge is -2.11. The summed E-state index contributed by atoms with van der Waals surface area (Å²) in [6.45, 7) is 1.32. The van der Waals surface area contributed by atoms with Gasteiger partial charge in [-0.15, -0.1) is 13.2 Å². The van der Waals surface area contributed by atoms with Crippen molar-refractivity contribution >= 4 is 23.1 Å². The van der Waals surface area contributed by atoms with Crippen LogP contribution in [0.5, 0.6) is 5.75 Å². The van der Waals surface area contributed by atoms with Crippen LogP contribution < -0.4 is 15.4 Å². The van der Waals surface area contributed by atoms with Crippen molar-refractivity contribution in [2.75, 3.05) is 17.2 Å². The fourth-order valence-corrected chi connectivity index (χ4v) is 2.06. The molecule has 132 valence electrons. The van der Waals surface area contributed by atoms with Gasteiger partial charge in [-0.05, 0) is 43.3 Å². The number of rotatable bonds is 6. The van der Waals surface area contributed by atoms with Crippen LogP contribution in [0.3, 0.4) is 0 Å². The Balaban J connectivity index is 1.92. The van der Waals surface area contributed by atoms with E-state index in [1.165, 1.54) is 19.1 Å². The number of carbonyl (C=O) groups is 2. The second-order valence-corrected chi connectivity index (χ2v) is 5.08. The van der Waals surface area contributed by atoms with Crippen LogP contribution in [0.1, 0.15) is 17.3 Å². The molecular formula is C17H15F3N2O3. The van der Waals surface area contributed by atoms with E-state index in [9.17, 15) is 22.8 Å². The highest BCUT2D eigenvalue weighted by atomic mass is 19.4. The normalized spacial score (nSPS) is 10.9. The minimum Gasteiger partial charge on any atom is -0.406 e. The average Bonchev–Trinajstić information content (AvgIpc) is 2.53. The number of carbonyl (C=O) groups excluding carboxylic acids is 2. The number of hydrogen-bond acceptors (Lipinski definition) is 4. The lowest BCUT2D eigenvalue weighted by atomic mass is 10.1. The number of ether oxygens (including phenoxy) is 1. The quantitative estimate of drug-likeness (QED) is 0.775. The Hall–Kier alpha value is -3.03. The van der Waals surface area contributed by atoms with Gasteiger partial charge in [0.25, 0.3) is 0 Å². The number of alkyl halides is 3. The maximum atomic E-state index is 12.1. The fourth-order valence-electron chi connectivity index (χ4n) is 2.06. The number of anilines is 2. The van der Waals surface area contributed by atoms with Crippen molar-refractivity contribution in [2.45, 2.75) is 13.3 Å². The van der Waals surface area contributed by atoms with Gasteiger partial charge in [-0.25, -0.2) is 0 Å². The molecule has 2 rings (SSSR count). The number of nitrogens with one attached hydrogen (secondary N) is 2. The Morgan fingerprint density at radius 2 is 1.68 bits per heavy atom. The molecule has 25 heavy (non-hydrogen) atoms. The van der Waals surface area contributed by atoms with Gasteiger partial charge >= 0.3 is 6.36 Å². The number of halogens is 3. The molecule has 0 aliphatic heterocycles. The van der Waals surface area contributed by atoms with Crippen LogP contribution in [0, 0.1) is 0 Å². The minimum atomic E-state index is -4.77. The van der Waals surface area contributed by atoms with E-state index in [1.54, 1.807) is 24.3 Å². The Morgan fingerprint density at radius 1 is 1.04 bits per heavy atom. The van der Waals surface area contributed by atoms with E-state index in [2.05, 4.69) is 15.4 Å². The summed E-state index contributed by atoms with van der Waals surface area (Å²) in [5.74, 6) is -0.925. The molecule has 0 aliphatic carbocycles. The van der Waals surface area contributed by atoms with Gasteiger partial charge in [0.1, 0.15) is 5.75 Å². The predicted octanol–water partition coefficient (Wildman–Crippen LogP) is 3.84. The molecule has 0 unspecified atom stereocenters. The molecule has 0 atom stereocenters. The third-order valence-corrected chi connectivity index (χ3v) is 3.12. The van der Waals surface area contributed by atoms with Crippen LogP contribution in [0.25, 0.3) is 0 Å². The molecule has 0 spiro atoms. The summed E-state index contributed by atoms with van der Waals surface area (Å²) >= 11 is 0. The zero-order valence-electron chi connectivity index (χ0n) is 13.2. The highest BCUT2D eigenvalue weighted by molar-refractivity contribution is 6.00. The fraction of sp³-hybridized carbons (Fsp3) is 0.176. The Bertz CT molecular complexity index is 758. The first-order chi connectivity index (χ1) is 11.7. The van der Waals surface area contributed by atoms with Gasteiger partial charge in [-0.3, -0.25) is 9.59 Å². The molecule has 0 fully saturated rings. The molecule has 1 amide bonds. The van der Waals surface area contributed by atoms with Crippen molar-refractivity contribution in [2.24, 2.45) is 0 Å². The maximum Gasteiger partial charge on any atom is 0.573 e. The highest BCUT2D eigenvalue weighted by Crippen LogP contribution is 2.24. The summed E-state index contributed by atoms with van der Waals surface area (Å²) in [5, 5.41) is 5.38. The SMILES string of the molecule is CC(=O)c1ccccc1NCC(=O)Nc1ccc(OC(F)(F)F)cc1. The topological polar surface area (TPSA) is 67.4 Å². The van der Waals surface area contributed by atoms with E-state index in [0.29, 0.717) is 16.9 Å². The van der Waals surface area contributed by atoms with E-state index < -0.39 is 12.3 Å². The van der Waals surface area contributed by atoms with Crippen molar-refractivity contribution in [1.29, 1.82) is 0 Å². The first kappa shape index (κ1) is 18.3. The summed E-state index contributed by atoms with van der Waals surface area (Å²) in [6.07, 6.45) is -4.77. The zero-order chi connectivity index (χ0) is 18.4. The number of para-hydroxylation sites is 1. The maximum absolute atomic E-state index is 12.1. The zero-order valence-corrected chi connectivity index (χ0v) is 13.2. The summed E-state index contributed by atoms with van der Waals surface area (Å²) in [5.41, 5.74) is 1.31. The van der Waals surface area contributed by atoms with Crippen molar-refractivity contribution in [3.05, 3.63) is 54.1 Å². The van der Waals surface area contributed by atoms with E-state index in [1.807, 2.05) is 0 Å². The summed E-state index contributed by atoms with van der Waals surface area (Å²) in [7, 11) is 0. The largest absolute Gasteiger partial charge is 0.573 e. The summed E-state index contributed by atoms with van der Waals surface area (Å²) in [6, 6.07) is 11.5. The number of hydrogen-bond donors (Lipinski definition) is 2. The molecule has 0 saturated heterocycles. The van der Waals surface area contributed by atoms with Gasteiger partial charge in [0, 0.05) is 16.9 Å². The molecule has 5 nitrogen and oxygen atoms in total. The summed E-state index contributed by atoms with van der Waals surface area (Å²) in [4.78, 5) is 23.4. The van der Waals surface area contributed by atoms with Crippen molar-refractivity contribution in [1.82, 2.24) is 0 Å². The van der Waals surface area contributed by atoms with E-state index >= 15 is 0 Å². The van der Waals surface area contributed by atoms with Crippen molar-refractivity contribution < 1.29 is 27.5 Å². The second kappa shape index (κ2) is 7.69. The standard InChI is InChI=1S/C17H15F3N2O3/c1-11(23)14-4-2-3-5-15(14)21-10-16(24)22-12-6-8-13(9-7-12)25-17(18,19)20/h2-9,21H,10H2,1H3,(H,22,24). The smallest absolute Gasteiger partial charge is 0.406 e. The Morgan fingerprint density at radius 3 is 2.28 bits per heavy atom.